The fourth-order valence-corrected chi connectivity index (χ4v) is 1.60. The number of nitrogens with zero attached hydrogens (tertiary/aromatic N) is 2. The Kier molecular flexibility index (Phi) is 4.07. The van der Waals surface area contributed by atoms with E-state index in [0.29, 0.717) is 0 Å². The van der Waals surface area contributed by atoms with Crippen LogP contribution in [0.1, 0.15) is 18.5 Å². The Labute approximate surface area is 107 Å². The summed E-state index contributed by atoms with van der Waals surface area (Å²) < 4.78 is 5.09. The Balaban J connectivity index is 2.06. The molecule has 3 nitrogen and oxygen atoms in total. The molecule has 0 fully saturated rings. The minimum absolute atomic E-state index is 0.0632. The van der Waals surface area contributed by atoms with Crippen molar-refractivity contribution in [3.8, 4) is 5.75 Å². The normalized spacial score (nSPS) is 12.6. The van der Waals surface area contributed by atoms with Gasteiger partial charge in [-0.25, -0.2) is 0 Å². The van der Waals surface area contributed by atoms with Gasteiger partial charge in [0.25, 0.3) is 0 Å². The van der Waals surface area contributed by atoms with Crippen LogP contribution < -0.4 is 4.74 Å². The highest BCUT2D eigenvalue weighted by Crippen LogP contribution is 2.22. The molecule has 3 heteroatoms. The van der Waals surface area contributed by atoms with Crippen molar-refractivity contribution in [1.82, 2.24) is 0 Å². The fraction of sp³-hybridized carbons (Fsp3) is 0.200. The summed E-state index contributed by atoms with van der Waals surface area (Å²) in [5.41, 5.74) is 1.99. The Bertz CT molecular complexity index is 506. The fourth-order valence-electron chi connectivity index (χ4n) is 1.60. The number of methoxy groups -OCH3 is 1. The zero-order chi connectivity index (χ0) is 12.8. The molecule has 0 radical (unpaired) electrons. The molecule has 0 aliphatic rings. The van der Waals surface area contributed by atoms with Crippen molar-refractivity contribution in [2.45, 2.75) is 13.0 Å². The van der Waals surface area contributed by atoms with Gasteiger partial charge >= 0.3 is 0 Å². The van der Waals surface area contributed by atoms with Gasteiger partial charge in [-0.1, -0.05) is 30.3 Å². The Morgan fingerprint density at radius 2 is 1.61 bits per heavy atom. The maximum Gasteiger partial charge on any atom is 0.119 e. The van der Waals surface area contributed by atoms with E-state index >= 15 is 0 Å². The summed E-state index contributed by atoms with van der Waals surface area (Å²) in [5.74, 6) is 0.824. The molecule has 0 amide bonds. The summed E-state index contributed by atoms with van der Waals surface area (Å²) in [5, 5.41) is 8.53. The number of hydrogen-bond acceptors (Lipinski definition) is 3. The van der Waals surface area contributed by atoms with Crippen LogP contribution in [0, 0.1) is 0 Å². The van der Waals surface area contributed by atoms with Crippen molar-refractivity contribution in [2.75, 3.05) is 7.11 Å². The second kappa shape index (κ2) is 5.96. The highest BCUT2D eigenvalue weighted by atomic mass is 16.5. The molecule has 2 aromatic rings. The lowest BCUT2D eigenvalue weighted by molar-refractivity contribution is 0.415. The number of hydrogen-bond donors (Lipinski definition) is 0. The first-order chi connectivity index (χ1) is 8.79. The van der Waals surface area contributed by atoms with Crippen LogP contribution in [0.25, 0.3) is 0 Å². The molecule has 0 saturated carbocycles. The predicted molar refractivity (Wildman–Crippen MR) is 72.4 cm³/mol. The van der Waals surface area contributed by atoms with Crippen LogP contribution >= 0.6 is 0 Å². The van der Waals surface area contributed by atoms with Crippen LogP contribution in [-0.2, 0) is 0 Å². The van der Waals surface area contributed by atoms with Gasteiger partial charge in [0.1, 0.15) is 5.75 Å². The van der Waals surface area contributed by atoms with Crippen LogP contribution in [0.4, 0.5) is 5.69 Å². The number of ether oxygens (including phenoxy) is 1. The van der Waals surface area contributed by atoms with Crippen molar-refractivity contribution in [1.29, 1.82) is 0 Å². The molecular formula is C15H16N2O. The van der Waals surface area contributed by atoms with Crippen LogP contribution in [0.5, 0.6) is 5.75 Å². The van der Waals surface area contributed by atoms with Gasteiger partial charge in [-0.15, -0.1) is 0 Å². The minimum atomic E-state index is 0.0632. The molecule has 0 aliphatic carbocycles. The van der Waals surface area contributed by atoms with Gasteiger partial charge in [0.2, 0.25) is 0 Å². The molecule has 2 rings (SSSR count). The second-order valence-electron chi connectivity index (χ2n) is 4.00. The van der Waals surface area contributed by atoms with Gasteiger partial charge < -0.3 is 4.74 Å². The van der Waals surface area contributed by atoms with E-state index in [0.717, 1.165) is 17.0 Å². The van der Waals surface area contributed by atoms with E-state index < -0.39 is 0 Å². The zero-order valence-corrected chi connectivity index (χ0v) is 10.6. The first-order valence-electron chi connectivity index (χ1n) is 5.89. The van der Waals surface area contributed by atoms with Gasteiger partial charge in [0.05, 0.1) is 18.8 Å². The average molecular weight is 240 g/mol. The van der Waals surface area contributed by atoms with Crippen molar-refractivity contribution >= 4 is 5.69 Å². The minimum Gasteiger partial charge on any atom is -0.497 e. The summed E-state index contributed by atoms with van der Waals surface area (Å²) in [6, 6.07) is 17.7. The van der Waals surface area contributed by atoms with Crippen LogP contribution in [-0.4, -0.2) is 7.11 Å². The monoisotopic (exact) mass is 240 g/mol. The van der Waals surface area contributed by atoms with Crippen LogP contribution in [0.3, 0.4) is 0 Å². The third kappa shape index (κ3) is 3.17. The molecule has 0 spiro atoms. The Morgan fingerprint density at radius 1 is 0.944 bits per heavy atom. The molecule has 0 aliphatic heterocycles. The van der Waals surface area contributed by atoms with Crippen LogP contribution in [0.15, 0.2) is 64.8 Å². The second-order valence-corrected chi connectivity index (χ2v) is 4.00. The molecule has 18 heavy (non-hydrogen) atoms. The van der Waals surface area contributed by atoms with Crippen molar-refractivity contribution < 1.29 is 4.74 Å². The van der Waals surface area contributed by atoms with Gasteiger partial charge in [0.15, 0.2) is 0 Å². The topological polar surface area (TPSA) is 34.0 Å². The third-order valence-corrected chi connectivity index (χ3v) is 2.70. The molecule has 0 aromatic heterocycles. The van der Waals surface area contributed by atoms with Crippen molar-refractivity contribution in [2.24, 2.45) is 10.2 Å². The van der Waals surface area contributed by atoms with Gasteiger partial charge in [0, 0.05) is 0 Å². The highest BCUT2D eigenvalue weighted by molar-refractivity contribution is 5.40. The third-order valence-electron chi connectivity index (χ3n) is 2.70. The standard InChI is InChI=1S/C15H16N2O/c1-12(13-6-4-3-5-7-13)16-17-14-8-10-15(18-2)11-9-14/h3-12H,1-2H3/t12-/m0/s1. The average Bonchev–Trinajstić information content (AvgIpc) is 2.46. The molecule has 0 unspecified atom stereocenters. The summed E-state index contributed by atoms with van der Waals surface area (Å²) >= 11 is 0. The van der Waals surface area contributed by atoms with E-state index in [4.69, 9.17) is 4.74 Å². The Hall–Kier alpha value is -2.16. The van der Waals surface area contributed by atoms with E-state index in [9.17, 15) is 0 Å². The van der Waals surface area contributed by atoms with E-state index in [1.54, 1.807) is 7.11 Å². The highest BCUT2D eigenvalue weighted by Gasteiger charge is 2.01. The lowest BCUT2D eigenvalue weighted by Crippen LogP contribution is -1.86. The first kappa shape index (κ1) is 12.3. The van der Waals surface area contributed by atoms with Gasteiger partial charge in [-0.2, -0.15) is 10.2 Å². The molecule has 2 aromatic carbocycles. The van der Waals surface area contributed by atoms with Crippen molar-refractivity contribution in [3.63, 3.8) is 0 Å². The number of benzene rings is 2. The van der Waals surface area contributed by atoms with E-state index in [1.807, 2.05) is 49.4 Å². The van der Waals surface area contributed by atoms with E-state index in [-0.39, 0.29) is 6.04 Å². The Morgan fingerprint density at radius 3 is 2.22 bits per heavy atom. The van der Waals surface area contributed by atoms with E-state index in [1.165, 1.54) is 0 Å². The quantitative estimate of drug-likeness (QED) is 0.722. The molecule has 0 N–H and O–H groups in total. The molecular weight excluding hydrogens is 224 g/mol. The molecule has 0 saturated heterocycles. The van der Waals surface area contributed by atoms with Crippen LogP contribution in [0.2, 0.25) is 0 Å². The van der Waals surface area contributed by atoms with E-state index in [2.05, 4.69) is 22.4 Å². The zero-order valence-electron chi connectivity index (χ0n) is 10.6. The lowest BCUT2D eigenvalue weighted by atomic mass is 10.1. The number of azo groups is 1. The maximum absolute atomic E-state index is 5.09. The summed E-state index contributed by atoms with van der Waals surface area (Å²) in [7, 11) is 1.65. The summed E-state index contributed by atoms with van der Waals surface area (Å²) in [6.45, 7) is 2.03. The molecule has 0 bridgehead atoms. The number of rotatable bonds is 4. The smallest absolute Gasteiger partial charge is 0.119 e. The summed E-state index contributed by atoms with van der Waals surface area (Å²) in [4.78, 5) is 0. The first-order valence-corrected chi connectivity index (χ1v) is 5.89. The largest absolute Gasteiger partial charge is 0.497 e. The predicted octanol–water partition coefficient (Wildman–Crippen LogP) is 4.54. The van der Waals surface area contributed by atoms with Gasteiger partial charge in [-0.3, -0.25) is 0 Å². The SMILES string of the molecule is COc1ccc(N=N[C@@H](C)c2ccccc2)cc1. The molecule has 1 atom stereocenters. The van der Waals surface area contributed by atoms with Gasteiger partial charge in [-0.05, 0) is 36.8 Å². The van der Waals surface area contributed by atoms with Crippen molar-refractivity contribution in [3.05, 3.63) is 60.2 Å². The lowest BCUT2D eigenvalue weighted by Gasteiger charge is -2.04. The maximum atomic E-state index is 5.09. The summed E-state index contributed by atoms with van der Waals surface area (Å²) in [6.07, 6.45) is 0. The molecule has 92 valence electrons. The molecule has 0 heterocycles.